The van der Waals surface area contributed by atoms with E-state index in [1.807, 2.05) is 23.1 Å². The molecule has 0 fully saturated rings. The van der Waals surface area contributed by atoms with Crippen molar-refractivity contribution in [3.63, 3.8) is 0 Å². The van der Waals surface area contributed by atoms with Crippen molar-refractivity contribution in [3.05, 3.63) is 47.3 Å². The Hall–Kier alpha value is -1.90. The van der Waals surface area contributed by atoms with Crippen LogP contribution >= 0.6 is 11.3 Å². The van der Waals surface area contributed by atoms with E-state index in [4.69, 9.17) is 0 Å². The average Bonchev–Trinajstić information content (AvgIpc) is 3.09. The Labute approximate surface area is 139 Å². The molecule has 3 rings (SSSR count). The van der Waals surface area contributed by atoms with Gasteiger partial charge < -0.3 is 4.90 Å². The first kappa shape index (κ1) is 16.0. The van der Waals surface area contributed by atoms with Gasteiger partial charge >= 0.3 is 0 Å². The number of rotatable bonds is 5. The maximum atomic E-state index is 12.1. The summed E-state index contributed by atoms with van der Waals surface area (Å²) in [5.74, 6) is -0.387. The quantitative estimate of drug-likeness (QED) is 0.801. The number of amides is 1. The number of aryl methyl sites for hydroxylation is 1. The molecule has 0 saturated heterocycles. The molecule has 0 radical (unpaired) electrons. The normalized spacial score (nSPS) is 14.3. The van der Waals surface area contributed by atoms with Gasteiger partial charge in [-0.3, -0.25) is 10.2 Å². The van der Waals surface area contributed by atoms with E-state index in [1.54, 1.807) is 11.4 Å². The van der Waals surface area contributed by atoms with Crippen molar-refractivity contribution in [1.82, 2.24) is 10.3 Å². The van der Waals surface area contributed by atoms with Crippen molar-refractivity contribution in [1.29, 1.82) is 0 Å². The molecule has 8 heteroatoms. The fourth-order valence-corrected chi connectivity index (χ4v) is 4.43. The van der Waals surface area contributed by atoms with E-state index in [1.165, 1.54) is 11.6 Å². The first-order valence-electron chi connectivity index (χ1n) is 7.23. The second-order valence-electron chi connectivity index (χ2n) is 5.24. The Kier molecular flexibility index (Phi) is 4.65. The predicted molar refractivity (Wildman–Crippen MR) is 89.8 cm³/mol. The van der Waals surface area contributed by atoms with Crippen molar-refractivity contribution in [2.45, 2.75) is 17.1 Å². The van der Waals surface area contributed by atoms with E-state index in [9.17, 15) is 13.2 Å². The molecule has 1 aromatic carbocycles. The van der Waals surface area contributed by atoms with Crippen LogP contribution in [0.2, 0.25) is 0 Å². The van der Waals surface area contributed by atoms with Gasteiger partial charge in [0.2, 0.25) is 0 Å². The van der Waals surface area contributed by atoms with Gasteiger partial charge in [0.25, 0.3) is 15.9 Å². The molecule has 1 aliphatic rings. The minimum Gasteiger partial charge on any atom is -0.362 e. The molecule has 0 unspecified atom stereocenters. The van der Waals surface area contributed by atoms with E-state index in [2.05, 4.69) is 16.3 Å². The molecule has 0 aliphatic carbocycles. The van der Waals surface area contributed by atoms with Crippen LogP contribution in [-0.4, -0.2) is 27.4 Å². The van der Waals surface area contributed by atoms with Gasteiger partial charge in [-0.1, -0.05) is 24.3 Å². The molecule has 6 nitrogen and oxygen atoms in total. The van der Waals surface area contributed by atoms with Crippen LogP contribution < -0.4 is 15.2 Å². The van der Waals surface area contributed by atoms with Gasteiger partial charge in [0, 0.05) is 12.2 Å². The molecule has 23 heavy (non-hydrogen) atoms. The van der Waals surface area contributed by atoms with Crippen LogP contribution in [0.15, 0.2) is 46.0 Å². The van der Waals surface area contributed by atoms with Crippen LogP contribution in [0.4, 0.5) is 5.69 Å². The number of sulfonamides is 1. The van der Waals surface area contributed by atoms with E-state index in [-0.39, 0.29) is 16.7 Å². The zero-order valence-corrected chi connectivity index (χ0v) is 14.0. The lowest BCUT2D eigenvalue weighted by Crippen LogP contribution is -2.47. The van der Waals surface area contributed by atoms with Gasteiger partial charge in [-0.05, 0) is 35.9 Å². The van der Waals surface area contributed by atoms with Crippen molar-refractivity contribution in [2.24, 2.45) is 0 Å². The number of thiophene rings is 1. The molecule has 2 N–H and O–H groups in total. The number of hydrogen-bond acceptors (Lipinski definition) is 5. The number of benzene rings is 1. The second kappa shape index (κ2) is 6.69. The highest BCUT2D eigenvalue weighted by atomic mass is 32.2. The molecule has 122 valence electrons. The average molecular weight is 351 g/mol. The van der Waals surface area contributed by atoms with Crippen LogP contribution in [0.3, 0.4) is 0 Å². The number of fused-ring (bicyclic) bond motifs is 1. The lowest BCUT2D eigenvalue weighted by molar-refractivity contribution is -0.120. The largest absolute Gasteiger partial charge is 0.362 e. The summed E-state index contributed by atoms with van der Waals surface area (Å²) in [6.07, 6.45) is 1.98. The molecule has 0 saturated carbocycles. The van der Waals surface area contributed by atoms with Gasteiger partial charge in [0.05, 0.1) is 6.54 Å². The molecular formula is C15H17N3O3S2. The maximum absolute atomic E-state index is 12.1. The molecule has 1 aliphatic heterocycles. The fraction of sp³-hybridized carbons (Fsp3) is 0.267. The van der Waals surface area contributed by atoms with E-state index < -0.39 is 10.0 Å². The third-order valence-electron chi connectivity index (χ3n) is 3.63. The standard InChI is InChI=1S/C15H17N3O3S2/c19-14(16-17-23(20,21)15-8-4-10-22-15)11-18-9-3-6-12-5-1-2-7-13(12)18/h1-2,4-5,7-8,10,17H,3,6,9,11H2,(H,16,19). The van der Waals surface area contributed by atoms with Gasteiger partial charge in [-0.15, -0.1) is 16.2 Å². The zero-order valence-electron chi connectivity index (χ0n) is 12.4. The van der Waals surface area contributed by atoms with Gasteiger partial charge in [0.1, 0.15) is 4.21 Å². The molecule has 0 atom stereocenters. The SMILES string of the molecule is O=C(CN1CCCc2ccccc21)NNS(=O)(=O)c1cccs1. The molecule has 2 aromatic rings. The van der Waals surface area contributed by atoms with E-state index in [0.29, 0.717) is 0 Å². The molecule has 1 amide bonds. The highest BCUT2D eigenvalue weighted by Gasteiger charge is 2.20. The van der Waals surface area contributed by atoms with Gasteiger partial charge in [0.15, 0.2) is 0 Å². The lowest BCUT2D eigenvalue weighted by atomic mass is 10.0. The number of hydrazine groups is 1. The number of hydrogen-bond donors (Lipinski definition) is 2. The number of para-hydroxylation sites is 1. The summed E-state index contributed by atoms with van der Waals surface area (Å²) in [5.41, 5.74) is 4.53. The lowest BCUT2D eigenvalue weighted by Gasteiger charge is -2.30. The molecule has 2 heterocycles. The number of nitrogens with zero attached hydrogens (tertiary/aromatic N) is 1. The van der Waals surface area contributed by atoms with Crippen LogP contribution in [-0.2, 0) is 21.2 Å². The molecular weight excluding hydrogens is 334 g/mol. The van der Waals surface area contributed by atoms with Crippen molar-refractivity contribution in [2.75, 3.05) is 18.0 Å². The summed E-state index contributed by atoms with van der Waals surface area (Å²) >= 11 is 1.10. The van der Waals surface area contributed by atoms with Gasteiger partial charge in [-0.2, -0.15) is 0 Å². The molecule has 0 spiro atoms. The Morgan fingerprint density at radius 3 is 2.83 bits per heavy atom. The fourth-order valence-electron chi connectivity index (χ4n) is 2.58. The van der Waals surface area contributed by atoms with E-state index >= 15 is 0 Å². The maximum Gasteiger partial charge on any atom is 0.266 e. The summed E-state index contributed by atoms with van der Waals surface area (Å²) in [7, 11) is -3.70. The van der Waals surface area contributed by atoms with Crippen molar-refractivity contribution < 1.29 is 13.2 Å². The first-order valence-corrected chi connectivity index (χ1v) is 9.59. The summed E-state index contributed by atoms with van der Waals surface area (Å²) in [5, 5.41) is 1.67. The molecule has 0 bridgehead atoms. The summed E-state index contributed by atoms with van der Waals surface area (Å²) in [6.45, 7) is 0.895. The number of anilines is 1. The number of carbonyl (C=O) groups excluding carboxylic acids is 1. The zero-order chi connectivity index (χ0) is 16.3. The summed E-state index contributed by atoms with van der Waals surface area (Å²) in [4.78, 5) is 16.2. The Morgan fingerprint density at radius 1 is 1.22 bits per heavy atom. The predicted octanol–water partition coefficient (Wildman–Crippen LogP) is 1.51. The van der Waals surface area contributed by atoms with Crippen LogP contribution in [0.5, 0.6) is 0 Å². The van der Waals surface area contributed by atoms with Crippen LogP contribution in [0.25, 0.3) is 0 Å². The van der Waals surface area contributed by atoms with Crippen LogP contribution in [0, 0.1) is 0 Å². The number of carbonyl (C=O) groups is 1. The Bertz CT molecular complexity index is 788. The van der Waals surface area contributed by atoms with E-state index in [0.717, 1.165) is 36.4 Å². The highest BCUT2D eigenvalue weighted by molar-refractivity contribution is 7.91. The minimum absolute atomic E-state index is 0.115. The number of nitrogens with one attached hydrogen (secondary N) is 2. The Balaban J connectivity index is 1.61. The smallest absolute Gasteiger partial charge is 0.266 e. The first-order chi connectivity index (χ1) is 11.1. The molecule has 1 aromatic heterocycles. The monoisotopic (exact) mass is 351 g/mol. The minimum atomic E-state index is -3.70. The van der Waals surface area contributed by atoms with Crippen molar-refractivity contribution in [3.8, 4) is 0 Å². The highest BCUT2D eigenvalue weighted by Crippen LogP contribution is 2.26. The Morgan fingerprint density at radius 2 is 2.04 bits per heavy atom. The third kappa shape index (κ3) is 3.72. The topological polar surface area (TPSA) is 78.5 Å². The summed E-state index contributed by atoms with van der Waals surface area (Å²) < 4.78 is 24.1. The summed E-state index contributed by atoms with van der Waals surface area (Å²) in [6, 6.07) is 11.1. The third-order valence-corrected chi connectivity index (χ3v) is 6.27. The van der Waals surface area contributed by atoms with Crippen molar-refractivity contribution >= 4 is 33.0 Å². The second-order valence-corrected chi connectivity index (χ2v) is 8.10. The van der Waals surface area contributed by atoms with Gasteiger partial charge in [-0.25, -0.2) is 8.42 Å². The van der Waals surface area contributed by atoms with Crippen LogP contribution in [0.1, 0.15) is 12.0 Å².